The van der Waals surface area contributed by atoms with Crippen LogP contribution in [0.4, 0.5) is 0 Å². The van der Waals surface area contributed by atoms with E-state index in [1.54, 1.807) is 0 Å². The van der Waals surface area contributed by atoms with Crippen molar-refractivity contribution in [1.29, 1.82) is 0 Å². The van der Waals surface area contributed by atoms with Gasteiger partial charge in [-0.15, -0.1) is 0 Å². The van der Waals surface area contributed by atoms with Crippen molar-refractivity contribution in [3.05, 3.63) is 95.0 Å². The predicted molar refractivity (Wildman–Crippen MR) is 104 cm³/mol. The first-order valence-electron chi connectivity index (χ1n) is 7.63. The fraction of sp³-hybridized carbons (Fsp3) is 0.190. The average molecular weight is 308 g/mol. The molecule has 1 aliphatic heterocycles. The summed E-state index contributed by atoms with van der Waals surface area (Å²) in [7, 11) is 0.216. The molecule has 0 amide bonds. The molecule has 0 bridgehead atoms. The molecule has 1 aromatic rings. The fourth-order valence-corrected chi connectivity index (χ4v) is 3.65. The normalized spacial score (nSPS) is 20.2. The fourth-order valence-electron chi connectivity index (χ4n) is 2.60. The number of benzene rings is 1. The Balaban J connectivity index is 2.55. The van der Waals surface area contributed by atoms with E-state index >= 15 is 0 Å². The Morgan fingerprint density at radius 1 is 1.09 bits per heavy atom. The van der Waals surface area contributed by atoms with E-state index in [2.05, 4.69) is 104 Å². The predicted octanol–water partition coefficient (Wildman–Crippen LogP) is 6.00. The molecule has 114 valence electrons. The zero-order valence-corrected chi connectivity index (χ0v) is 14.4. The van der Waals surface area contributed by atoms with Crippen molar-refractivity contribution in [2.45, 2.75) is 19.8 Å². The van der Waals surface area contributed by atoms with Crippen LogP contribution >= 0.6 is 10.5 Å². The van der Waals surface area contributed by atoms with Gasteiger partial charge >= 0.3 is 0 Å². The lowest BCUT2D eigenvalue weighted by Crippen LogP contribution is -2.07. The highest BCUT2D eigenvalue weighted by Crippen LogP contribution is 2.34. The minimum absolute atomic E-state index is 0.216. The van der Waals surface area contributed by atoms with E-state index in [0.29, 0.717) is 0 Å². The van der Waals surface area contributed by atoms with Gasteiger partial charge in [-0.2, -0.15) is 10.5 Å². The lowest BCUT2D eigenvalue weighted by Gasteiger charge is -2.22. The Bertz CT molecular complexity index is 667. The first-order valence-corrected chi connectivity index (χ1v) is 9.39. The van der Waals surface area contributed by atoms with Crippen LogP contribution in [0.1, 0.15) is 25.3 Å². The summed E-state index contributed by atoms with van der Waals surface area (Å²) in [6, 6.07) is 10.8. The van der Waals surface area contributed by atoms with E-state index in [4.69, 9.17) is 0 Å². The quantitative estimate of drug-likeness (QED) is 0.462. The van der Waals surface area contributed by atoms with Crippen LogP contribution in [0.15, 0.2) is 89.4 Å². The SMILES string of the molecule is C\C=C/C=C(\C=C/C)C(C1=CC=CS(C)=C1)c1ccccc1. The van der Waals surface area contributed by atoms with E-state index in [1.165, 1.54) is 16.7 Å². The Morgan fingerprint density at radius 2 is 1.86 bits per heavy atom. The van der Waals surface area contributed by atoms with Crippen LogP contribution in [0.5, 0.6) is 0 Å². The van der Waals surface area contributed by atoms with E-state index in [-0.39, 0.29) is 16.4 Å². The molecule has 0 spiro atoms. The van der Waals surface area contributed by atoms with Crippen LogP contribution in [-0.2, 0) is 0 Å². The standard InChI is InChI=1S/C21H24S/c1-4-6-12-18(11-5-2)21(19-13-8-7-9-14-19)20-15-10-16-22(3)17-20/h4-17,21H,1-3H3/b6-4-,11-5-,18-12+. The van der Waals surface area contributed by atoms with Crippen molar-refractivity contribution in [1.82, 2.24) is 0 Å². The molecule has 0 saturated heterocycles. The molecule has 2 unspecified atom stereocenters. The second-order valence-corrected chi connectivity index (χ2v) is 6.98. The molecule has 0 N–H and O–H groups in total. The van der Waals surface area contributed by atoms with Crippen LogP contribution in [0.3, 0.4) is 0 Å². The molecule has 0 saturated carbocycles. The van der Waals surface area contributed by atoms with E-state index < -0.39 is 0 Å². The molecule has 2 rings (SSSR count). The van der Waals surface area contributed by atoms with Crippen molar-refractivity contribution in [2.24, 2.45) is 0 Å². The van der Waals surface area contributed by atoms with Crippen LogP contribution in [0.2, 0.25) is 0 Å². The lowest BCUT2D eigenvalue weighted by atomic mass is 9.84. The van der Waals surface area contributed by atoms with E-state index in [1.807, 2.05) is 0 Å². The molecule has 1 heteroatoms. The molecule has 0 fully saturated rings. The molecule has 1 aromatic carbocycles. The summed E-state index contributed by atoms with van der Waals surface area (Å²) in [4.78, 5) is 0. The molecule has 0 nitrogen and oxygen atoms in total. The molecule has 2 atom stereocenters. The average Bonchev–Trinajstić information content (AvgIpc) is 2.54. The maximum atomic E-state index is 2.39. The van der Waals surface area contributed by atoms with Crippen molar-refractivity contribution in [2.75, 3.05) is 6.26 Å². The molecular formula is C21H24S. The van der Waals surface area contributed by atoms with Crippen molar-refractivity contribution in [3.63, 3.8) is 0 Å². The van der Waals surface area contributed by atoms with Gasteiger partial charge in [0.15, 0.2) is 0 Å². The first-order chi connectivity index (χ1) is 10.8. The number of rotatable bonds is 5. The number of hydrogen-bond donors (Lipinski definition) is 0. The third-order valence-electron chi connectivity index (χ3n) is 3.54. The minimum Gasteiger partial charge on any atom is -0.165 e. The first kappa shape index (κ1) is 16.5. The highest BCUT2D eigenvalue weighted by molar-refractivity contribution is 8.17. The highest BCUT2D eigenvalue weighted by atomic mass is 32.2. The van der Waals surface area contributed by atoms with Gasteiger partial charge < -0.3 is 0 Å². The van der Waals surface area contributed by atoms with Crippen LogP contribution < -0.4 is 0 Å². The zero-order chi connectivity index (χ0) is 15.8. The van der Waals surface area contributed by atoms with Gasteiger partial charge in [0.05, 0.1) is 0 Å². The highest BCUT2D eigenvalue weighted by Gasteiger charge is 2.18. The Morgan fingerprint density at radius 3 is 2.50 bits per heavy atom. The maximum Gasteiger partial charge on any atom is 0.0344 e. The van der Waals surface area contributed by atoms with Gasteiger partial charge in [0.25, 0.3) is 0 Å². The number of hydrogen-bond acceptors (Lipinski definition) is 0. The van der Waals surface area contributed by atoms with Gasteiger partial charge in [0.1, 0.15) is 0 Å². The summed E-state index contributed by atoms with van der Waals surface area (Å²) in [5.74, 6) is 0.286. The van der Waals surface area contributed by atoms with Crippen molar-refractivity contribution >= 4 is 15.9 Å². The van der Waals surface area contributed by atoms with Gasteiger partial charge in [0.2, 0.25) is 0 Å². The third-order valence-corrected chi connectivity index (χ3v) is 4.77. The number of allylic oxidation sites excluding steroid dienone is 9. The van der Waals surface area contributed by atoms with Gasteiger partial charge in [0, 0.05) is 5.92 Å². The summed E-state index contributed by atoms with van der Waals surface area (Å²) in [6.45, 7) is 4.13. The third kappa shape index (κ3) is 4.32. The smallest absolute Gasteiger partial charge is 0.0344 e. The summed E-state index contributed by atoms with van der Waals surface area (Å²) in [5, 5.41) is 4.65. The summed E-state index contributed by atoms with van der Waals surface area (Å²) in [5.41, 5.74) is 4.04. The Hall–Kier alpha value is -1.86. The molecule has 0 radical (unpaired) electrons. The van der Waals surface area contributed by atoms with Crippen molar-refractivity contribution in [3.8, 4) is 0 Å². The maximum absolute atomic E-state index is 2.39. The molecule has 1 aliphatic rings. The monoisotopic (exact) mass is 308 g/mol. The zero-order valence-electron chi connectivity index (χ0n) is 13.6. The molecule has 0 aliphatic carbocycles. The lowest BCUT2D eigenvalue weighted by molar-refractivity contribution is 0.998. The minimum atomic E-state index is 0.216. The van der Waals surface area contributed by atoms with Gasteiger partial charge in [-0.3, -0.25) is 0 Å². The van der Waals surface area contributed by atoms with Crippen molar-refractivity contribution < 1.29 is 0 Å². The summed E-state index contributed by atoms with van der Waals surface area (Å²) in [6.07, 6.45) is 17.5. The summed E-state index contributed by atoms with van der Waals surface area (Å²) >= 11 is 0. The van der Waals surface area contributed by atoms with E-state index in [0.717, 1.165) is 0 Å². The van der Waals surface area contributed by atoms with Crippen LogP contribution in [-0.4, -0.2) is 11.6 Å². The van der Waals surface area contributed by atoms with Gasteiger partial charge in [-0.25, -0.2) is 0 Å². The van der Waals surface area contributed by atoms with E-state index in [9.17, 15) is 0 Å². The van der Waals surface area contributed by atoms with Gasteiger partial charge in [-0.1, -0.05) is 72.9 Å². The summed E-state index contributed by atoms with van der Waals surface area (Å²) < 4.78 is 0. The molecule has 1 heterocycles. The largest absolute Gasteiger partial charge is 0.165 e. The Kier molecular flexibility index (Phi) is 6.42. The Labute approximate surface area is 137 Å². The second kappa shape index (κ2) is 8.55. The molecule has 0 aromatic heterocycles. The molecule has 22 heavy (non-hydrogen) atoms. The van der Waals surface area contributed by atoms with Gasteiger partial charge in [-0.05, 0) is 47.6 Å². The second-order valence-electron chi connectivity index (χ2n) is 5.26. The molecular weight excluding hydrogens is 284 g/mol. The topological polar surface area (TPSA) is 0 Å². The van der Waals surface area contributed by atoms with Crippen LogP contribution in [0, 0.1) is 0 Å². The van der Waals surface area contributed by atoms with Crippen LogP contribution in [0.25, 0.3) is 0 Å².